The van der Waals surface area contributed by atoms with Gasteiger partial charge in [0.2, 0.25) is 0 Å². The number of hydrogen-bond acceptors (Lipinski definition) is 4. The number of methoxy groups -OCH3 is 1. The van der Waals surface area contributed by atoms with Gasteiger partial charge in [-0.1, -0.05) is 12.1 Å². The van der Waals surface area contributed by atoms with Crippen LogP contribution in [-0.2, 0) is 17.8 Å². The van der Waals surface area contributed by atoms with E-state index in [9.17, 15) is 10.1 Å². The first kappa shape index (κ1) is 11.1. The molecule has 1 aromatic rings. The molecule has 5 heteroatoms. The van der Waals surface area contributed by atoms with E-state index in [1.54, 1.807) is 18.2 Å². The Balaban J connectivity index is 3.23. The van der Waals surface area contributed by atoms with Gasteiger partial charge in [0.1, 0.15) is 0 Å². The third-order valence-electron chi connectivity index (χ3n) is 1.96. The zero-order valence-corrected chi connectivity index (χ0v) is 8.27. The molecule has 0 unspecified atom stereocenters. The first-order valence-corrected chi connectivity index (χ1v) is 4.31. The van der Waals surface area contributed by atoms with E-state index in [-0.39, 0.29) is 18.7 Å². The number of hydrogen-bond donors (Lipinski definition) is 0. The summed E-state index contributed by atoms with van der Waals surface area (Å²) in [6, 6.07) is 6.80. The van der Waals surface area contributed by atoms with Gasteiger partial charge in [-0.2, -0.15) is 5.26 Å². The number of nitro benzene ring substituents is 1. The molecule has 0 N–H and O–H groups in total. The van der Waals surface area contributed by atoms with Crippen LogP contribution in [0.5, 0.6) is 0 Å². The zero-order valence-electron chi connectivity index (χ0n) is 8.27. The summed E-state index contributed by atoms with van der Waals surface area (Å²) < 4.78 is 4.86. The van der Waals surface area contributed by atoms with E-state index < -0.39 is 4.92 Å². The first-order valence-electron chi connectivity index (χ1n) is 4.31. The maximum atomic E-state index is 10.8. The topological polar surface area (TPSA) is 76.2 Å². The fourth-order valence-electron chi connectivity index (χ4n) is 1.38. The Morgan fingerprint density at radius 2 is 2.20 bits per heavy atom. The Hall–Kier alpha value is -1.93. The molecule has 0 aliphatic carbocycles. The van der Waals surface area contributed by atoms with Crippen molar-refractivity contribution in [1.29, 1.82) is 5.26 Å². The second-order valence-corrected chi connectivity index (χ2v) is 2.95. The molecule has 15 heavy (non-hydrogen) atoms. The highest BCUT2D eigenvalue weighted by atomic mass is 16.6. The van der Waals surface area contributed by atoms with Crippen molar-refractivity contribution in [1.82, 2.24) is 0 Å². The Kier molecular flexibility index (Phi) is 3.77. The third-order valence-corrected chi connectivity index (χ3v) is 1.96. The number of nitriles is 1. The van der Waals surface area contributed by atoms with Gasteiger partial charge in [0.25, 0.3) is 5.69 Å². The zero-order chi connectivity index (χ0) is 11.3. The van der Waals surface area contributed by atoms with Crippen LogP contribution in [0.2, 0.25) is 0 Å². The minimum absolute atomic E-state index is 0.0131. The lowest BCUT2D eigenvalue weighted by molar-refractivity contribution is -0.386. The smallest absolute Gasteiger partial charge is 0.279 e. The maximum Gasteiger partial charge on any atom is 0.279 e. The van der Waals surface area contributed by atoms with E-state index in [4.69, 9.17) is 10.00 Å². The largest absolute Gasteiger partial charge is 0.380 e. The molecule has 0 aliphatic rings. The van der Waals surface area contributed by atoms with Gasteiger partial charge >= 0.3 is 0 Å². The van der Waals surface area contributed by atoms with E-state index in [0.29, 0.717) is 11.1 Å². The molecule has 0 fully saturated rings. The van der Waals surface area contributed by atoms with E-state index in [1.165, 1.54) is 7.11 Å². The van der Waals surface area contributed by atoms with Crippen LogP contribution in [0.25, 0.3) is 0 Å². The SMILES string of the molecule is COCc1cccc(CC#N)c1[N+](=O)[O-]. The normalized spacial score (nSPS) is 9.60. The second kappa shape index (κ2) is 5.08. The lowest BCUT2D eigenvalue weighted by atomic mass is 10.1. The molecule has 0 amide bonds. The molecule has 0 spiro atoms. The van der Waals surface area contributed by atoms with Gasteiger partial charge in [-0.25, -0.2) is 0 Å². The summed E-state index contributed by atoms with van der Waals surface area (Å²) >= 11 is 0. The van der Waals surface area contributed by atoms with Gasteiger partial charge in [0.05, 0.1) is 29.6 Å². The van der Waals surface area contributed by atoms with Crippen LogP contribution in [0.3, 0.4) is 0 Å². The van der Waals surface area contributed by atoms with Crippen molar-refractivity contribution in [3.8, 4) is 6.07 Å². The quantitative estimate of drug-likeness (QED) is 0.556. The van der Waals surface area contributed by atoms with E-state index >= 15 is 0 Å². The van der Waals surface area contributed by atoms with Crippen molar-refractivity contribution in [3.63, 3.8) is 0 Å². The molecule has 0 bridgehead atoms. The summed E-state index contributed by atoms with van der Waals surface area (Å²) in [5.74, 6) is 0. The molecule has 0 radical (unpaired) electrons. The highest BCUT2D eigenvalue weighted by Gasteiger charge is 2.18. The fourth-order valence-corrected chi connectivity index (χ4v) is 1.38. The van der Waals surface area contributed by atoms with Crippen molar-refractivity contribution in [2.45, 2.75) is 13.0 Å². The summed E-state index contributed by atoms with van der Waals surface area (Å²) in [6.45, 7) is 0.176. The lowest BCUT2D eigenvalue weighted by Crippen LogP contribution is -2.01. The van der Waals surface area contributed by atoms with Crippen LogP contribution < -0.4 is 0 Å². The summed E-state index contributed by atoms with van der Waals surface area (Å²) in [7, 11) is 1.47. The third kappa shape index (κ3) is 2.51. The average molecular weight is 206 g/mol. The molecule has 0 saturated heterocycles. The van der Waals surface area contributed by atoms with Crippen molar-refractivity contribution >= 4 is 5.69 Å². The number of benzene rings is 1. The van der Waals surface area contributed by atoms with Crippen LogP contribution in [0.1, 0.15) is 11.1 Å². The van der Waals surface area contributed by atoms with Gasteiger partial charge in [0.15, 0.2) is 0 Å². The van der Waals surface area contributed by atoms with Crippen molar-refractivity contribution in [2.75, 3.05) is 7.11 Å². The van der Waals surface area contributed by atoms with Gasteiger partial charge in [-0.05, 0) is 6.07 Å². The van der Waals surface area contributed by atoms with Gasteiger partial charge in [0, 0.05) is 12.7 Å². The predicted octanol–water partition coefficient (Wildman–Crippen LogP) is 1.81. The first-order chi connectivity index (χ1) is 7.20. The molecule has 0 heterocycles. The lowest BCUT2D eigenvalue weighted by Gasteiger charge is -2.04. The number of nitro groups is 1. The molecular weight excluding hydrogens is 196 g/mol. The van der Waals surface area contributed by atoms with Crippen LogP contribution >= 0.6 is 0 Å². The monoisotopic (exact) mass is 206 g/mol. The van der Waals surface area contributed by atoms with E-state index in [2.05, 4.69) is 0 Å². The standard InChI is InChI=1S/C10H10N2O3/c1-15-7-9-4-2-3-8(5-6-11)10(9)12(13)14/h2-4H,5,7H2,1H3. The minimum Gasteiger partial charge on any atom is -0.380 e. The predicted molar refractivity (Wildman–Crippen MR) is 53.1 cm³/mol. The van der Waals surface area contributed by atoms with Crippen LogP contribution in [0.15, 0.2) is 18.2 Å². The van der Waals surface area contributed by atoms with E-state index in [1.807, 2.05) is 6.07 Å². The minimum atomic E-state index is -0.471. The van der Waals surface area contributed by atoms with Crippen LogP contribution in [0.4, 0.5) is 5.69 Å². The molecule has 1 aromatic carbocycles. The molecule has 1 rings (SSSR count). The Bertz CT molecular complexity index is 410. The van der Waals surface area contributed by atoms with Crippen molar-refractivity contribution in [2.24, 2.45) is 0 Å². The average Bonchev–Trinajstić information content (AvgIpc) is 2.18. The molecule has 0 aromatic heterocycles. The second-order valence-electron chi connectivity index (χ2n) is 2.95. The summed E-state index contributed by atoms with van der Waals surface area (Å²) in [5, 5.41) is 19.4. The van der Waals surface area contributed by atoms with Gasteiger partial charge < -0.3 is 4.74 Å². The molecule has 0 aliphatic heterocycles. The molecule has 78 valence electrons. The highest BCUT2D eigenvalue weighted by molar-refractivity contribution is 5.48. The number of para-hydroxylation sites is 1. The van der Waals surface area contributed by atoms with Gasteiger partial charge in [-0.15, -0.1) is 0 Å². The number of nitrogens with zero attached hydrogens (tertiary/aromatic N) is 2. The molecule has 0 atom stereocenters. The summed E-state index contributed by atoms with van der Waals surface area (Å²) in [5.41, 5.74) is 0.910. The summed E-state index contributed by atoms with van der Waals surface area (Å²) in [6.07, 6.45) is 0.0356. The Morgan fingerprint density at radius 3 is 2.73 bits per heavy atom. The fraction of sp³-hybridized carbons (Fsp3) is 0.300. The number of rotatable bonds is 4. The Labute approximate surface area is 87.1 Å². The van der Waals surface area contributed by atoms with Gasteiger partial charge in [-0.3, -0.25) is 10.1 Å². The van der Waals surface area contributed by atoms with Crippen molar-refractivity contribution in [3.05, 3.63) is 39.4 Å². The van der Waals surface area contributed by atoms with Crippen LogP contribution in [-0.4, -0.2) is 12.0 Å². The van der Waals surface area contributed by atoms with E-state index in [0.717, 1.165) is 0 Å². The molecule has 0 saturated carbocycles. The summed E-state index contributed by atoms with van der Waals surface area (Å²) in [4.78, 5) is 10.4. The number of ether oxygens (including phenoxy) is 1. The van der Waals surface area contributed by atoms with Crippen molar-refractivity contribution < 1.29 is 9.66 Å². The molecule has 5 nitrogen and oxygen atoms in total. The Morgan fingerprint density at radius 1 is 1.53 bits per heavy atom. The van der Waals surface area contributed by atoms with Crippen LogP contribution in [0, 0.1) is 21.4 Å². The maximum absolute atomic E-state index is 10.8. The highest BCUT2D eigenvalue weighted by Crippen LogP contribution is 2.24. The molecular formula is C10H10N2O3.